The topological polar surface area (TPSA) is 66.0 Å². The Morgan fingerprint density at radius 1 is 1.44 bits per heavy atom. The molecule has 0 unspecified atom stereocenters. The second-order valence-electron chi connectivity index (χ2n) is 3.47. The summed E-state index contributed by atoms with van der Waals surface area (Å²) in [6, 6.07) is 5.44. The van der Waals surface area contributed by atoms with E-state index in [9.17, 15) is 13.6 Å². The molecular formula is C11H7ClF2N2O2. The number of H-pyrrole nitrogens is 1. The minimum atomic E-state index is -2.77. The van der Waals surface area contributed by atoms with E-state index in [4.69, 9.17) is 16.7 Å². The summed E-state index contributed by atoms with van der Waals surface area (Å²) in [5, 5.41) is 14.6. The van der Waals surface area contributed by atoms with E-state index >= 15 is 0 Å². The normalized spacial score (nSPS) is 10.9. The van der Waals surface area contributed by atoms with E-state index in [1.165, 1.54) is 24.3 Å². The van der Waals surface area contributed by atoms with Crippen molar-refractivity contribution >= 4 is 17.6 Å². The van der Waals surface area contributed by atoms with Gasteiger partial charge < -0.3 is 5.11 Å². The van der Waals surface area contributed by atoms with Gasteiger partial charge >= 0.3 is 5.97 Å². The molecular weight excluding hydrogens is 266 g/mol. The Kier molecular flexibility index (Phi) is 3.29. The van der Waals surface area contributed by atoms with Gasteiger partial charge in [-0.2, -0.15) is 5.10 Å². The van der Waals surface area contributed by atoms with Crippen LogP contribution in [0.2, 0.25) is 5.02 Å². The molecule has 0 aliphatic carbocycles. The zero-order valence-corrected chi connectivity index (χ0v) is 9.58. The van der Waals surface area contributed by atoms with Crippen molar-refractivity contribution in [2.24, 2.45) is 0 Å². The number of nitrogens with zero attached hydrogens (tertiary/aromatic N) is 1. The van der Waals surface area contributed by atoms with Gasteiger partial charge in [0.25, 0.3) is 6.43 Å². The molecule has 0 atom stereocenters. The first kappa shape index (κ1) is 12.5. The number of alkyl halides is 2. The maximum atomic E-state index is 12.9. The van der Waals surface area contributed by atoms with Crippen LogP contribution >= 0.6 is 11.6 Å². The number of aromatic nitrogens is 2. The molecule has 0 radical (unpaired) electrons. The molecule has 7 heteroatoms. The molecule has 0 bridgehead atoms. The predicted molar refractivity (Wildman–Crippen MR) is 61.0 cm³/mol. The molecule has 0 fully saturated rings. The smallest absolute Gasteiger partial charge is 0.353 e. The predicted octanol–water partition coefficient (Wildman–Crippen LogP) is 3.37. The number of carboxylic acid groups (broad SMARTS) is 1. The minimum Gasteiger partial charge on any atom is -0.477 e. The zero-order valence-electron chi connectivity index (χ0n) is 8.82. The maximum absolute atomic E-state index is 12.9. The van der Waals surface area contributed by atoms with Crippen molar-refractivity contribution in [3.63, 3.8) is 0 Å². The molecule has 18 heavy (non-hydrogen) atoms. The molecule has 4 nitrogen and oxygen atoms in total. The Hall–Kier alpha value is -1.95. The first-order valence-corrected chi connectivity index (χ1v) is 5.24. The quantitative estimate of drug-likeness (QED) is 0.900. The number of carboxylic acids is 1. The lowest BCUT2D eigenvalue weighted by Crippen LogP contribution is -1.95. The van der Waals surface area contributed by atoms with Gasteiger partial charge in [-0.1, -0.05) is 23.7 Å². The summed E-state index contributed by atoms with van der Waals surface area (Å²) in [4.78, 5) is 10.7. The standard InChI is InChI=1S/C11H7ClF2N2O2/c12-6-3-1-2-5(9(6)10(13)14)7-4-8(11(17)18)16-15-7/h1-4,10H,(H,15,16)(H,17,18). The summed E-state index contributed by atoms with van der Waals surface area (Å²) >= 11 is 5.71. The lowest BCUT2D eigenvalue weighted by atomic mass is 10.0. The van der Waals surface area contributed by atoms with Crippen LogP contribution in [0.4, 0.5) is 8.78 Å². The SMILES string of the molecule is O=C(O)c1cc(-c2cccc(Cl)c2C(F)F)n[nH]1. The number of carbonyl (C=O) groups is 1. The van der Waals surface area contributed by atoms with Crippen LogP contribution in [0.5, 0.6) is 0 Å². The minimum absolute atomic E-state index is 0.0811. The van der Waals surface area contributed by atoms with Gasteiger partial charge in [-0.3, -0.25) is 5.10 Å². The van der Waals surface area contributed by atoms with Crippen molar-refractivity contribution in [2.75, 3.05) is 0 Å². The molecule has 1 aromatic carbocycles. The van der Waals surface area contributed by atoms with Gasteiger partial charge in [-0.05, 0) is 12.1 Å². The summed E-state index contributed by atoms with van der Waals surface area (Å²) in [5.41, 5.74) is -0.306. The first-order valence-electron chi connectivity index (χ1n) is 4.86. The van der Waals surface area contributed by atoms with Gasteiger partial charge in [-0.15, -0.1) is 0 Å². The van der Waals surface area contributed by atoms with Crippen LogP contribution in [0.25, 0.3) is 11.3 Å². The van der Waals surface area contributed by atoms with Crippen molar-refractivity contribution in [2.45, 2.75) is 6.43 Å². The van der Waals surface area contributed by atoms with Gasteiger partial charge in [0.1, 0.15) is 5.69 Å². The second-order valence-corrected chi connectivity index (χ2v) is 3.88. The molecule has 0 saturated carbocycles. The molecule has 1 aromatic heterocycles. The highest BCUT2D eigenvalue weighted by Gasteiger charge is 2.20. The Morgan fingerprint density at radius 2 is 2.17 bits per heavy atom. The van der Waals surface area contributed by atoms with E-state index in [1.807, 2.05) is 0 Å². The van der Waals surface area contributed by atoms with Crippen LogP contribution in [0.3, 0.4) is 0 Å². The van der Waals surface area contributed by atoms with Crippen LogP contribution in [0, 0.1) is 0 Å². The molecule has 0 spiro atoms. The number of aromatic carboxylic acids is 1. The van der Waals surface area contributed by atoms with E-state index < -0.39 is 12.4 Å². The van der Waals surface area contributed by atoms with Crippen molar-refractivity contribution in [3.05, 3.63) is 40.5 Å². The number of halogens is 3. The first-order chi connectivity index (χ1) is 8.50. The fourth-order valence-corrected chi connectivity index (χ4v) is 1.81. The number of nitrogens with one attached hydrogen (secondary N) is 1. The van der Waals surface area contributed by atoms with Crippen molar-refractivity contribution in [1.29, 1.82) is 0 Å². The molecule has 94 valence electrons. The average molecular weight is 273 g/mol. The number of rotatable bonds is 3. The zero-order chi connectivity index (χ0) is 13.3. The Balaban J connectivity index is 2.56. The lowest BCUT2D eigenvalue weighted by Gasteiger charge is -2.08. The van der Waals surface area contributed by atoms with Crippen LogP contribution < -0.4 is 0 Å². The molecule has 0 aliphatic heterocycles. The van der Waals surface area contributed by atoms with Crippen LogP contribution in [-0.2, 0) is 0 Å². The van der Waals surface area contributed by atoms with Crippen LogP contribution in [0.1, 0.15) is 22.5 Å². The number of hydrogen-bond acceptors (Lipinski definition) is 2. The Labute approximate surface area is 105 Å². The Morgan fingerprint density at radius 3 is 2.72 bits per heavy atom. The van der Waals surface area contributed by atoms with E-state index in [2.05, 4.69) is 10.2 Å². The van der Waals surface area contributed by atoms with Gasteiger partial charge in [0.05, 0.1) is 10.7 Å². The highest BCUT2D eigenvalue weighted by molar-refractivity contribution is 6.31. The van der Waals surface area contributed by atoms with Gasteiger partial charge in [0.2, 0.25) is 0 Å². The van der Waals surface area contributed by atoms with E-state index in [0.717, 1.165) is 0 Å². The molecule has 1 heterocycles. The fourth-order valence-electron chi connectivity index (χ4n) is 1.55. The Bertz CT molecular complexity index is 598. The van der Waals surface area contributed by atoms with E-state index in [0.29, 0.717) is 0 Å². The molecule has 2 aromatic rings. The fraction of sp³-hybridized carbons (Fsp3) is 0.0909. The molecule has 2 rings (SSSR count). The van der Waals surface area contributed by atoms with Crippen molar-refractivity contribution in [3.8, 4) is 11.3 Å². The lowest BCUT2D eigenvalue weighted by molar-refractivity contribution is 0.0690. The average Bonchev–Trinajstić information content (AvgIpc) is 2.77. The number of hydrogen-bond donors (Lipinski definition) is 2. The van der Waals surface area contributed by atoms with E-state index in [1.54, 1.807) is 0 Å². The molecule has 0 amide bonds. The number of aromatic amines is 1. The molecule has 2 N–H and O–H groups in total. The van der Waals surface area contributed by atoms with Crippen molar-refractivity contribution < 1.29 is 18.7 Å². The third kappa shape index (κ3) is 2.19. The van der Waals surface area contributed by atoms with Gasteiger partial charge in [0, 0.05) is 11.1 Å². The third-order valence-corrected chi connectivity index (χ3v) is 2.68. The second kappa shape index (κ2) is 4.73. The number of benzene rings is 1. The maximum Gasteiger partial charge on any atom is 0.353 e. The van der Waals surface area contributed by atoms with E-state index in [-0.39, 0.29) is 27.5 Å². The summed E-state index contributed by atoms with van der Waals surface area (Å²) in [6.45, 7) is 0. The highest BCUT2D eigenvalue weighted by Crippen LogP contribution is 2.35. The monoisotopic (exact) mass is 272 g/mol. The van der Waals surface area contributed by atoms with Crippen LogP contribution in [0.15, 0.2) is 24.3 Å². The molecule has 0 saturated heterocycles. The van der Waals surface area contributed by atoms with Crippen molar-refractivity contribution in [1.82, 2.24) is 10.2 Å². The summed E-state index contributed by atoms with van der Waals surface area (Å²) in [5.74, 6) is -1.21. The summed E-state index contributed by atoms with van der Waals surface area (Å²) in [7, 11) is 0. The highest BCUT2D eigenvalue weighted by atomic mass is 35.5. The van der Waals surface area contributed by atoms with Gasteiger partial charge in [-0.25, -0.2) is 13.6 Å². The summed E-state index contributed by atoms with van der Waals surface area (Å²) < 4.78 is 25.8. The van der Waals surface area contributed by atoms with Crippen LogP contribution in [-0.4, -0.2) is 21.3 Å². The molecule has 0 aliphatic rings. The third-order valence-electron chi connectivity index (χ3n) is 2.36. The largest absolute Gasteiger partial charge is 0.477 e. The summed E-state index contributed by atoms with van der Waals surface area (Å²) in [6.07, 6.45) is -2.77. The van der Waals surface area contributed by atoms with Gasteiger partial charge in [0.15, 0.2) is 0 Å².